The summed E-state index contributed by atoms with van der Waals surface area (Å²) in [7, 11) is 1.61. The number of hydrogen-bond donors (Lipinski definition) is 1. The Kier molecular flexibility index (Phi) is 4.90. The minimum atomic E-state index is -0.0520. The summed E-state index contributed by atoms with van der Waals surface area (Å²) in [4.78, 5) is 12.3. The third-order valence-electron chi connectivity index (χ3n) is 3.96. The first kappa shape index (κ1) is 16.6. The fraction of sp³-hybridized carbons (Fsp3) is 0.211. The molecule has 0 fully saturated rings. The van der Waals surface area contributed by atoms with E-state index < -0.39 is 0 Å². The summed E-state index contributed by atoms with van der Waals surface area (Å²) in [5.41, 5.74) is 2.65. The fourth-order valence-corrected chi connectivity index (χ4v) is 2.89. The number of carbonyl (C=O) groups is 1. The first-order valence-electron chi connectivity index (χ1n) is 7.66. The van der Waals surface area contributed by atoms with Gasteiger partial charge in [-0.3, -0.25) is 4.79 Å². The van der Waals surface area contributed by atoms with E-state index in [9.17, 15) is 4.79 Å². The quantitative estimate of drug-likeness (QED) is 0.694. The molecule has 0 spiro atoms. The van der Waals surface area contributed by atoms with Crippen molar-refractivity contribution in [2.24, 2.45) is 0 Å². The van der Waals surface area contributed by atoms with Gasteiger partial charge in [-0.15, -0.1) is 0 Å². The van der Waals surface area contributed by atoms with E-state index in [4.69, 9.17) is 9.15 Å². The lowest BCUT2D eigenvalue weighted by Crippen LogP contribution is -2.28. The second-order valence-electron chi connectivity index (χ2n) is 5.64. The summed E-state index contributed by atoms with van der Waals surface area (Å²) in [5, 5.41) is 3.95. The molecule has 3 aromatic rings. The van der Waals surface area contributed by atoms with Gasteiger partial charge in [-0.1, -0.05) is 28.1 Å². The molecule has 4 nitrogen and oxygen atoms in total. The molecule has 1 aromatic heterocycles. The van der Waals surface area contributed by atoms with Gasteiger partial charge < -0.3 is 14.5 Å². The van der Waals surface area contributed by atoms with Gasteiger partial charge in [0.2, 0.25) is 5.91 Å². The molecule has 24 heavy (non-hydrogen) atoms. The monoisotopic (exact) mass is 387 g/mol. The first-order chi connectivity index (χ1) is 11.6. The van der Waals surface area contributed by atoms with Crippen LogP contribution in [0.5, 0.6) is 5.75 Å². The van der Waals surface area contributed by atoms with Crippen molar-refractivity contribution >= 4 is 32.8 Å². The zero-order valence-electron chi connectivity index (χ0n) is 13.5. The molecule has 0 saturated heterocycles. The van der Waals surface area contributed by atoms with Crippen molar-refractivity contribution in [3.8, 4) is 5.75 Å². The topological polar surface area (TPSA) is 51.5 Å². The van der Waals surface area contributed by atoms with Crippen molar-refractivity contribution in [1.29, 1.82) is 0 Å². The van der Waals surface area contributed by atoms with Crippen LogP contribution in [0.4, 0.5) is 0 Å². The molecule has 1 N–H and O–H groups in total. The summed E-state index contributed by atoms with van der Waals surface area (Å²) in [5.74, 6) is 0.695. The van der Waals surface area contributed by atoms with Crippen LogP contribution in [0.2, 0.25) is 0 Å². The molecule has 0 aliphatic rings. The van der Waals surface area contributed by atoms with Crippen LogP contribution >= 0.6 is 15.9 Å². The Bertz CT molecular complexity index is 855. The number of nitrogens with one attached hydrogen (secondary N) is 1. The van der Waals surface area contributed by atoms with Gasteiger partial charge in [0.05, 0.1) is 25.8 Å². The molecule has 0 aliphatic heterocycles. The van der Waals surface area contributed by atoms with Gasteiger partial charge in [0.15, 0.2) is 0 Å². The number of benzene rings is 2. The van der Waals surface area contributed by atoms with Gasteiger partial charge in [-0.25, -0.2) is 0 Å². The van der Waals surface area contributed by atoms with Gasteiger partial charge in [0, 0.05) is 21.5 Å². The van der Waals surface area contributed by atoms with E-state index in [2.05, 4.69) is 21.2 Å². The standard InChI is InChI=1S/C19H18BrNO3/c1-12(13-3-5-15(20)6-4-13)21-19(22)9-14-11-24-18-10-16(23-2)7-8-17(14)18/h3-8,10-12H,9H2,1-2H3,(H,21,22)/t12-/m1/s1. The van der Waals surface area contributed by atoms with E-state index in [1.807, 2.05) is 49.4 Å². The smallest absolute Gasteiger partial charge is 0.225 e. The van der Waals surface area contributed by atoms with E-state index in [0.29, 0.717) is 0 Å². The average molecular weight is 388 g/mol. The number of ether oxygens (including phenoxy) is 1. The maximum absolute atomic E-state index is 12.3. The van der Waals surface area contributed by atoms with E-state index in [0.717, 1.165) is 32.3 Å². The Morgan fingerprint density at radius 3 is 2.71 bits per heavy atom. The lowest BCUT2D eigenvalue weighted by atomic mass is 10.1. The maximum Gasteiger partial charge on any atom is 0.225 e. The van der Waals surface area contributed by atoms with Crippen LogP contribution in [-0.2, 0) is 11.2 Å². The normalized spacial score (nSPS) is 12.1. The van der Waals surface area contributed by atoms with Gasteiger partial charge in [-0.05, 0) is 36.8 Å². The molecular formula is C19H18BrNO3. The van der Waals surface area contributed by atoms with Gasteiger partial charge in [-0.2, -0.15) is 0 Å². The minimum absolute atomic E-state index is 0.0380. The van der Waals surface area contributed by atoms with Crippen molar-refractivity contribution < 1.29 is 13.9 Å². The Hall–Kier alpha value is -2.27. The third kappa shape index (κ3) is 3.62. The van der Waals surface area contributed by atoms with Crippen LogP contribution in [0.15, 0.2) is 57.6 Å². The van der Waals surface area contributed by atoms with Crippen LogP contribution in [-0.4, -0.2) is 13.0 Å². The lowest BCUT2D eigenvalue weighted by Gasteiger charge is -2.14. The Labute approximate surface area is 148 Å². The summed E-state index contributed by atoms with van der Waals surface area (Å²) in [6.07, 6.45) is 1.91. The number of halogens is 1. The fourth-order valence-electron chi connectivity index (χ4n) is 2.63. The van der Waals surface area contributed by atoms with E-state index in [1.54, 1.807) is 13.4 Å². The van der Waals surface area contributed by atoms with Crippen LogP contribution < -0.4 is 10.1 Å². The van der Waals surface area contributed by atoms with E-state index >= 15 is 0 Å². The summed E-state index contributed by atoms with van der Waals surface area (Å²) < 4.78 is 11.7. The van der Waals surface area contributed by atoms with Crippen LogP contribution in [0.3, 0.4) is 0 Å². The Morgan fingerprint density at radius 2 is 2.00 bits per heavy atom. The predicted molar refractivity (Wildman–Crippen MR) is 97.2 cm³/mol. The van der Waals surface area contributed by atoms with Crippen LogP contribution in [0.25, 0.3) is 11.0 Å². The molecule has 0 unspecified atom stereocenters. The molecule has 0 radical (unpaired) electrons. The Morgan fingerprint density at radius 1 is 1.25 bits per heavy atom. The first-order valence-corrected chi connectivity index (χ1v) is 8.45. The van der Waals surface area contributed by atoms with Crippen LogP contribution in [0.1, 0.15) is 24.1 Å². The largest absolute Gasteiger partial charge is 0.497 e. The summed E-state index contributed by atoms with van der Waals surface area (Å²) >= 11 is 3.41. The highest BCUT2D eigenvalue weighted by Crippen LogP contribution is 2.26. The van der Waals surface area contributed by atoms with Gasteiger partial charge in [0.1, 0.15) is 11.3 Å². The predicted octanol–water partition coefficient (Wildman–Crippen LogP) is 4.62. The molecule has 1 amide bonds. The second kappa shape index (κ2) is 7.09. The van der Waals surface area contributed by atoms with Gasteiger partial charge >= 0.3 is 0 Å². The van der Waals surface area contributed by atoms with Gasteiger partial charge in [0.25, 0.3) is 0 Å². The van der Waals surface area contributed by atoms with Crippen molar-refractivity contribution in [2.45, 2.75) is 19.4 Å². The summed E-state index contributed by atoms with van der Waals surface area (Å²) in [6.45, 7) is 1.97. The van der Waals surface area contributed by atoms with Crippen molar-refractivity contribution in [3.63, 3.8) is 0 Å². The highest BCUT2D eigenvalue weighted by atomic mass is 79.9. The second-order valence-corrected chi connectivity index (χ2v) is 6.56. The zero-order chi connectivity index (χ0) is 17.1. The molecule has 5 heteroatoms. The van der Waals surface area contributed by atoms with E-state index in [1.165, 1.54) is 0 Å². The highest BCUT2D eigenvalue weighted by Gasteiger charge is 2.14. The molecular weight excluding hydrogens is 370 g/mol. The molecule has 1 heterocycles. The third-order valence-corrected chi connectivity index (χ3v) is 4.49. The molecule has 2 aromatic carbocycles. The number of amides is 1. The maximum atomic E-state index is 12.3. The number of fused-ring (bicyclic) bond motifs is 1. The van der Waals surface area contributed by atoms with Crippen molar-refractivity contribution in [1.82, 2.24) is 5.32 Å². The molecule has 124 valence electrons. The molecule has 0 aliphatic carbocycles. The average Bonchev–Trinajstić information content (AvgIpc) is 2.97. The number of methoxy groups -OCH3 is 1. The SMILES string of the molecule is COc1ccc2c(CC(=O)N[C@H](C)c3ccc(Br)cc3)coc2c1. The lowest BCUT2D eigenvalue weighted by molar-refractivity contribution is -0.121. The molecule has 3 rings (SSSR count). The highest BCUT2D eigenvalue weighted by molar-refractivity contribution is 9.10. The number of hydrogen-bond acceptors (Lipinski definition) is 3. The molecule has 0 saturated carbocycles. The Balaban J connectivity index is 1.69. The molecule has 1 atom stereocenters. The zero-order valence-corrected chi connectivity index (χ0v) is 15.1. The minimum Gasteiger partial charge on any atom is -0.497 e. The number of carbonyl (C=O) groups excluding carboxylic acids is 1. The van der Waals surface area contributed by atoms with Crippen molar-refractivity contribution in [3.05, 3.63) is 64.3 Å². The molecule has 0 bridgehead atoms. The van der Waals surface area contributed by atoms with Crippen LogP contribution in [0, 0.1) is 0 Å². The van der Waals surface area contributed by atoms with E-state index in [-0.39, 0.29) is 18.4 Å². The number of furan rings is 1. The number of rotatable bonds is 5. The summed E-state index contributed by atoms with van der Waals surface area (Å²) in [6, 6.07) is 13.5. The van der Waals surface area contributed by atoms with Crippen molar-refractivity contribution in [2.75, 3.05) is 7.11 Å².